The molecule has 5 rings (SSSR count). The van der Waals surface area contributed by atoms with E-state index in [-0.39, 0.29) is 12.2 Å². The number of rotatable bonds is 7. The first-order chi connectivity index (χ1) is 19.4. The van der Waals surface area contributed by atoms with E-state index in [1.165, 1.54) is 23.0 Å². The van der Waals surface area contributed by atoms with Crippen molar-refractivity contribution in [2.45, 2.75) is 19.9 Å². The lowest BCUT2D eigenvalue weighted by Gasteiger charge is -2.24. The van der Waals surface area contributed by atoms with Crippen LogP contribution in [0, 0.1) is 0 Å². The van der Waals surface area contributed by atoms with Crippen molar-refractivity contribution >= 4 is 29.4 Å². The second-order valence-electron chi connectivity index (χ2n) is 8.81. The van der Waals surface area contributed by atoms with Crippen molar-refractivity contribution in [3.63, 3.8) is 0 Å². The smallest absolute Gasteiger partial charge is 0.338 e. The number of thiazole rings is 1. The topological polar surface area (TPSA) is 109 Å². The highest BCUT2D eigenvalue weighted by atomic mass is 32.1. The van der Waals surface area contributed by atoms with Gasteiger partial charge in [0.1, 0.15) is 17.3 Å². The predicted octanol–water partition coefficient (Wildman–Crippen LogP) is 3.85. The minimum atomic E-state index is -0.734. The van der Waals surface area contributed by atoms with E-state index in [0.717, 1.165) is 0 Å². The molecule has 0 radical (unpaired) electrons. The average Bonchev–Trinajstić information content (AvgIpc) is 3.56. The van der Waals surface area contributed by atoms with Gasteiger partial charge in [0, 0.05) is 11.6 Å². The Labute approximate surface area is 233 Å². The highest BCUT2D eigenvalue weighted by Crippen LogP contribution is 2.32. The lowest BCUT2D eigenvalue weighted by atomic mass is 9.96. The van der Waals surface area contributed by atoms with E-state index in [9.17, 15) is 14.4 Å². The molecule has 2 aromatic heterocycles. The minimum absolute atomic E-state index is 0.190. The van der Waals surface area contributed by atoms with Crippen molar-refractivity contribution in [3.8, 4) is 17.1 Å². The Morgan fingerprint density at radius 3 is 2.50 bits per heavy atom. The van der Waals surface area contributed by atoms with Crippen LogP contribution in [-0.4, -0.2) is 37.3 Å². The second kappa shape index (κ2) is 11.2. The summed E-state index contributed by atoms with van der Waals surface area (Å²) in [7, 11) is 2.89. The number of esters is 2. The molecule has 0 spiro atoms. The van der Waals surface area contributed by atoms with Gasteiger partial charge in [0.25, 0.3) is 5.56 Å². The third-order valence-electron chi connectivity index (χ3n) is 6.45. The first kappa shape index (κ1) is 26.9. The fourth-order valence-electron chi connectivity index (χ4n) is 4.58. The molecule has 0 saturated carbocycles. The number of carbonyl (C=O) groups is 2. The van der Waals surface area contributed by atoms with E-state index in [1.54, 1.807) is 75.6 Å². The zero-order valence-electron chi connectivity index (χ0n) is 22.3. The summed E-state index contributed by atoms with van der Waals surface area (Å²) in [5.74, 6) is 0.516. The van der Waals surface area contributed by atoms with Crippen molar-refractivity contribution in [2.24, 2.45) is 4.99 Å². The molecule has 0 bridgehead atoms. The van der Waals surface area contributed by atoms with Crippen molar-refractivity contribution < 1.29 is 28.2 Å². The fourth-order valence-corrected chi connectivity index (χ4v) is 5.61. The van der Waals surface area contributed by atoms with Gasteiger partial charge in [0.05, 0.1) is 48.2 Å². The molecular weight excluding hydrogens is 532 g/mol. The normalized spacial score (nSPS) is 14.9. The predicted molar refractivity (Wildman–Crippen MR) is 149 cm³/mol. The van der Waals surface area contributed by atoms with Crippen LogP contribution in [-0.2, 0) is 14.3 Å². The summed E-state index contributed by atoms with van der Waals surface area (Å²) in [5, 5.41) is 0. The molecule has 1 aliphatic rings. The molecule has 0 fully saturated rings. The number of hydrogen-bond acceptors (Lipinski definition) is 9. The van der Waals surface area contributed by atoms with Gasteiger partial charge < -0.3 is 18.6 Å². The lowest BCUT2D eigenvalue weighted by molar-refractivity contribution is -0.139. The molecule has 10 heteroatoms. The van der Waals surface area contributed by atoms with Gasteiger partial charge >= 0.3 is 11.9 Å². The van der Waals surface area contributed by atoms with Gasteiger partial charge in [-0.2, -0.15) is 0 Å². The quantitative estimate of drug-likeness (QED) is 0.317. The van der Waals surface area contributed by atoms with E-state index in [4.69, 9.17) is 18.6 Å². The van der Waals surface area contributed by atoms with Crippen LogP contribution in [0.25, 0.3) is 17.4 Å². The number of furan rings is 1. The van der Waals surface area contributed by atoms with Gasteiger partial charge in [-0.05, 0) is 49.7 Å². The molecule has 4 aromatic rings. The molecule has 1 aliphatic heterocycles. The molecule has 3 heterocycles. The van der Waals surface area contributed by atoms with Crippen LogP contribution in [0.1, 0.15) is 41.6 Å². The van der Waals surface area contributed by atoms with E-state index in [2.05, 4.69) is 4.99 Å². The number of hydrogen-bond donors (Lipinski definition) is 0. The zero-order valence-corrected chi connectivity index (χ0v) is 23.1. The molecule has 0 aliphatic carbocycles. The number of nitrogens with zero attached hydrogens (tertiary/aromatic N) is 2. The Morgan fingerprint density at radius 2 is 1.80 bits per heavy atom. The van der Waals surface area contributed by atoms with Crippen LogP contribution in [0.5, 0.6) is 5.75 Å². The number of fused-ring (bicyclic) bond motifs is 1. The monoisotopic (exact) mass is 558 g/mol. The summed E-state index contributed by atoms with van der Waals surface area (Å²) in [6.07, 6.45) is 1.63. The van der Waals surface area contributed by atoms with Gasteiger partial charge in [-0.3, -0.25) is 9.36 Å². The summed E-state index contributed by atoms with van der Waals surface area (Å²) < 4.78 is 23.4. The van der Waals surface area contributed by atoms with Gasteiger partial charge in [0.2, 0.25) is 0 Å². The molecule has 0 unspecified atom stereocenters. The number of ether oxygens (including phenoxy) is 3. The minimum Gasteiger partial charge on any atom is -0.497 e. The van der Waals surface area contributed by atoms with Gasteiger partial charge in [-0.15, -0.1) is 0 Å². The Morgan fingerprint density at radius 1 is 1.05 bits per heavy atom. The Balaban J connectivity index is 1.62. The first-order valence-corrected chi connectivity index (χ1v) is 13.3. The molecule has 40 heavy (non-hydrogen) atoms. The van der Waals surface area contributed by atoms with E-state index in [0.29, 0.717) is 54.6 Å². The van der Waals surface area contributed by atoms with E-state index in [1.807, 2.05) is 12.1 Å². The molecule has 9 nitrogen and oxygen atoms in total. The van der Waals surface area contributed by atoms with Crippen molar-refractivity contribution in [1.29, 1.82) is 0 Å². The molecule has 204 valence electrons. The summed E-state index contributed by atoms with van der Waals surface area (Å²) in [6.45, 7) is 3.65. The van der Waals surface area contributed by atoms with Crippen LogP contribution in [0.2, 0.25) is 0 Å². The number of benzene rings is 2. The second-order valence-corrected chi connectivity index (χ2v) is 9.82. The SMILES string of the molecule is CCOC(=O)C1=C(C)N=c2s/c(=C/c3ccc(-c4ccccc4C(=O)OC)o3)c(=O)n2[C@@H]1c1ccc(OC)cc1. The van der Waals surface area contributed by atoms with Crippen LogP contribution in [0.4, 0.5) is 0 Å². The first-order valence-electron chi connectivity index (χ1n) is 12.5. The van der Waals surface area contributed by atoms with Crippen LogP contribution in [0.3, 0.4) is 0 Å². The number of carbonyl (C=O) groups excluding carboxylic acids is 2. The molecule has 0 amide bonds. The van der Waals surface area contributed by atoms with Crippen molar-refractivity contribution in [3.05, 3.63) is 109 Å². The Kier molecular flexibility index (Phi) is 7.52. The number of allylic oxidation sites excluding steroid dienone is 1. The number of methoxy groups -OCH3 is 2. The molecule has 2 aromatic carbocycles. The standard InChI is InChI=1S/C30H26N2O7S/c1-5-38-29(35)25-17(2)31-30-32(26(25)18-10-12-19(36-3)13-11-18)27(33)24(40-30)16-20-14-15-23(39-20)21-8-6-7-9-22(21)28(34)37-4/h6-16,26H,5H2,1-4H3/b24-16+/t26-/m1/s1. The van der Waals surface area contributed by atoms with Crippen LogP contribution < -0.4 is 19.6 Å². The van der Waals surface area contributed by atoms with Crippen LogP contribution in [0.15, 0.2) is 86.1 Å². The summed E-state index contributed by atoms with van der Waals surface area (Å²) in [6, 6.07) is 16.9. The largest absolute Gasteiger partial charge is 0.497 e. The highest BCUT2D eigenvalue weighted by Gasteiger charge is 2.33. The fraction of sp³-hybridized carbons (Fsp3) is 0.200. The lowest BCUT2D eigenvalue weighted by Crippen LogP contribution is -2.39. The third-order valence-corrected chi connectivity index (χ3v) is 7.43. The van der Waals surface area contributed by atoms with Gasteiger partial charge in [-0.25, -0.2) is 14.6 Å². The van der Waals surface area contributed by atoms with E-state index < -0.39 is 18.0 Å². The maximum absolute atomic E-state index is 13.8. The highest BCUT2D eigenvalue weighted by molar-refractivity contribution is 7.07. The van der Waals surface area contributed by atoms with E-state index >= 15 is 0 Å². The molecule has 1 atom stereocenters. The zero-order chi connectivity index (χ0) is 28.4. The number of aromatic nitrogens is 1. The maximum atomic E-state index is 13.8. The molecule has 0 N–H and O–H groups in total. The van der Waals surface area contributed by atoms with Gasteiger partial charge in [-0.1, -0.05) is 41.7 Å². The summed E-state index contributed by atoms with van der Waals surface area (Å²) >= 11 is 1.19. The average molecular weight is 559 g/mol. The third kappa shape index (κ3) is 4.89. The van der Waals surface area contributed by atoms with Crippen molar-refractivity contribution in [2.75, 3.05) is 20.8 Å². The Bertz CT molecular complexity index is 1810. The molecule has 0 saturated heterocycles. The van der Waals surface area contributed by atoms with Crippen molar-refractivity contribution in [1.82, 2.24) is 4.57 Å². The van der Waals surface area contributed by atoms with Gasteiger partial charge in [0.15, 0.2) is 4.80 Å². The summed E-state index contributed by atoms with van der Waals surface area (Å²) in [5.41, 5.74) is 2.10. The molecular formula is C30H26N2O7S. The summed E-state index contributed by atoms with van der Waals surface area (Å²) in [4.78, 5) is 44.1. The Hall–Kier alpha value is -4.70. The maximum Gasteiger partial charge on any atom is 0.338 e. The van der Waals surface area contributed by atoms with Crippen LogP contribution >= 0.6 is 11.3 Å².